The molecule has 0 bridgehead atoms. The van der Waals surface area contributed by atoms with Crippen LogP contribution < -0.4 is 0 Å². The van der Waals surface area contributed by atoms with Gasteiger partial charge in [0.25, 0.3) is 0 Å². The standard InChI is InChI=1S/C17H17NO/c1-14(19-18-2)12-15-8-7-11-17(13-15)16-9-5-3-4-6-10-16/h3-5,7-11,13H,1-2,6,12H2. The second-order valence-corrected chi connectivity index (χ2v) is 4.32. The van der Waals surface area contributed by atoms with Crippen LogP contribution >= 0.6 is 0 Å². The molecule has 0 aromatic heterocycles. The third kappa shape index (κ3) is 3.81. The normalized spacial score (nSPS) is 13.6. The lowest BCUT2D eigenvalue weighted by atomic mass is 10.0. The lowest BCUT2D eigenvalue weighted by Crippen LogP contribution is -1.92. The van der Waals surface area contributed by atoms with Crippen LogP contribution in [0.25, 0.3) is 5.57 Å². The van der Waals surface area contributed by atoms with E-state index in [9.17, 15) is 0 Å². The predicted octanol–water partition coefficient (Wildman–Crippen LogP) is 4.27. The van der Waals surface area contributed by atoms with Gasteiger partial charge in [-0.2, -0.15) is 0 Å². The molecule has 0 atom stereocenters. The van der Waals surface area contributed by atoms with Crippen molar-refractivity contribution in [2.24, 2.45) is 5.16 Å². The first-order valence-corrected chi connectivity index (χ1v) is 6.23. The van der Waals surface area contributed by atoms with Gasteiger partial charge >= 0.3 is 0 Å². The molecule has 0 saturated heterocycles. The Balaban J connectivity index is 2.17. The van der Waals surface area contributed by atoms with Crippen molar-refractivity contribution >= 4 is 12.3 Å². The molecule has 0 saturated carbocycles. The molecule has 1 aliphatic carbocycles. The average Bonchev–Trinajstić information content (AvgIpc) is 2.68. The minimum Gasteiger partial charge on any atom is -0.362 e. The first-order valence-electron chi connectivity index (χ1n) is 6.23. The van der Waals surface area contributed by atoms with Crippen molar-refractivity contribution in [3.8, 4) is 0 Å². The molecule has 0 radical (unpaired) electrons. The molecule has 19 heavy (non-hydrogen) atoms. The Kier molecular flexibility index (Phi) is 4.51. The fraction of sp³-hybridized carbons (Fsp3) is 0.118. The predicted molar refractivity (Wildman–Crippen MR) is 80.8 cm³/mol. The highest BCUT2D eigenvalue weighted by molar-refractivity contribution is 5.75. The van der Waals surface area contributed by atoms with E-state index in [2.05, 4.69) is 67.0 Å². The summed E-state index contributed by atoms with van der Waals surface area (Å²) in [6.45, 7) is 7.09. The number of hydrogen-bond donors (Lipinski definition) is 0. The van der Waals surface area contributed by atoms with Gasteiger partial charge in [0, 0.05) is 13.1 Å². The van der Waals surface area contributed by atoms with E-state index in [0.29, 0.717) is 12.2 Å². The lowest BCUT2D eigenvalue weighted by Gasteiger charge is -2.07. The Morgan fingerprint density at radius 1 is 1.32 bits per heavy atom. The minimum atomic E-state index is 0.596. The van der Waals surface area contributed by atoms with Crippen molar-refractivity contribution < 1.29 is 4.84 Å². The largest absolute Gasteiger partial charge is 0.362 e. The second kappa shape index (κ2) is 6.55. The number of nitrogens with zero attached hydrogens (tertiary/aromatic N) is 1. The van der Waals surface area contributed by atoms with E-state index < -0.39 is 0 Å². The maximum absolute atomic E-state index is 4.93. The highest BCUT2D eigenvalue weighted by Gasteiger charge is 2.03. The number of allylic oxidation sites excluding steroid dienone is 7. The highest BCUT2D eigenvalue weighted by Crippen LogP contribution is 2.21. The average molecular weight is 251 g/mol. The van der Waals surface area contributed by atoms with Gasteiger partial charge < -0.3 is 4.84 Å². The molecule has 0 unspecified atom stereocenters. The highest BCUT2D eigenvalue weighted by atomic mass is 16.6. The maximum Gasteiger partial charge on any atom is 0.132 e. The van der Waals surface area contributed by atoms with E-state index in [-0.39, 0.29) is 0 Å². The Bertz CT molecular complexity index is 564. The van der Waals surface area contributed by atoms with Gasteiger partial charge in [0.1, 0.15) is 5.76 Å². The summed E-state index contributed by atoms with van der Waals surface area (Å²) in [6.07, 6.45) is 12.2. The van der Waals surface area contributed by atoms with Crippen LogP contribution in [0.4, 0.5) is 0 Å². The topological polar surface area (TPSA) is 21.6 Å². The van der Waals surface area contributed by atoms with Crippen LogP contribution in [0.3, 0.4) is 0 Å². The van der Waals surface area contributed by atoms with Crippen molar-refractivity contribution in [2.75, 3.05) is 0 Å². The molecule has 96 valence electrons. The molecule has 0 N–H and O–H groups in total. The summed E-state index contributed by atoms with van der Waals surface area (Å²) in [5.74, 6) is 0.596. The summed E-state index contributed by atoms with van der Waals surface area (Å²) < 4.78 is 0. The molecule has 2 heteroatoms. The van der Waals surface area contributed by atoms with Gasteiger partial charge in [0.2, 0.25) is 0 Å². The van der Waals surface area contributed by atoms with Crippen molar-refractivity contribution in [2.45, 2.75) is 12.8 Å². The molecular weight excluding hydrogens is 234 g/mol. The minimum absolute atomic E-state index is 0.596. The quantitative estimate of drug-likeness (QED) is 0.435. The summed E-state index contributed by atoms with van der Waals surface area (Å²) >= 11 is 0. The van der Waals surface area contributed by atoms with Crippen LogP contribution in [0.15, 0.2) is 72.1 Å². The first kappa shape index (κ1) is 13.1. The van der Waals surface area contributed by atoms with E-state index in [1.807, 2.05) is 6.07 Å². The van der Waals surface area contributed by atoms with Gasteiger partial charge in [-0.25, -0.2) is 0 Å². The molecule has 0 spiro atoms. The number of rotatable bonds is 5. The number of hydrogen-bond acceptors (Lipinski definition) is 2. The van der Waals surface area contributed by atoms with E-state index in [1.54, 1.807) is 0 Å². The Morgan fingerprint density at radius 2 is 2.21 bits per heavy atom. The summed E-state index contributed by atoms with van der Waals surface area (Å²) in [7, 11) is 0. The summed E-state index contributed by atoms with van der Waals surface area (Å²) in [4.78, 5) is 4.93. The van der Waals surface area contributed by atoms with Crippen molar-refractivity contribution in [1.29, 1.82) is 0 Å². The summed E-state index contributed by atoms with van der Waals surface area (Å²) in [5.41, 5.74) is 3.59. The van der Waals surface area contributed by atoms with Crippen LogP contribution in [-0.2, 0) is 11.3 Å². The first-order chi connectivity index (χ1) is 9.29. The molecule has 1 aromatic rings. The van der Waals surface area contributed by atoms with Crippen molar-refractivity contribution in [3.63, 3.8) is 0 Å². The fourth-order valence-corrected chi connectivity index (χ4v) is 2.01. The monoisotopic (exact) mass is 251 g/mol. The van der Waals surface area contributed by atoms with Gasteiger partial charge in [-0.1, -0.05) is 66.4 Å². The zero-order chi connectivity index (χ0) is 13.5. The van der Waals surface area contributed by atoms with Crippen molar-refractivity contribution in [3.05, 3.63) is 78.1 Å². The zero-order valence-electron chi connectivity index (χ0n) is 10.9. The van der Waals surface area contributed by atoms with Crippen LogP contribution in [0.5, 0.6) is 0 Å². The van der Waals surface area contributed by atoms with Gasteiger partial charge in [-0.05, 0) is 23.1 Å². The van der Waals surface area contributed by atoms with Gasteiger partial charge in [0.05, 0.1) is 0 Å². The van der Waals surface area contributed by atoms with E-state index >= 15 is 0 Å². The van der Waals surface area contributed by atoms with E-state index in [4.69, 9.17) is 4.84 Å². The van der Waals surface area contributed by atoms with E-state index in [0.717, 1.165) is 12.0 Å². The Hall–Kier alpha value is -2.35. The van der Waals surface area contributed by atoms with Crippen LogP contribution in [-0.4, -0.2) is 6.72 Å². The molecular formula is C17H17NO. The van der Waals surface area contributed by atoms with Crippen LogP contribution in [0.2, 0.25) is 0 Å². The Labute approximate surface area is 114 Å². The molecule has 2 rings (SSSR count). The maximum atomic E-state index is 4.93. The van der Waals surface area contributed by atoms with Gasteiger partial charge in [0.15, 0.2) is 0 Å². The molecule has 1 aliphatic rings. The molecule has 0 heterocycles. The smallest absolute Gasteiger partial charge is 0.132 e. The van der Waals surface area contributed by atoms with Gasteiger partial charge in [-0.3, -0.25) is 0 Å². The number of benzene rings is 1. The summed E-state index contributed by atoms with van der Waals surface area (Å²) in [5, 5.41) is 3.38. The zero-order valence-corrected chi connectivity index (χ0v) is 10.9. The molecule has 1 aromatic carbocycles. The third-order valence-electron chi connectivity index (χ3n) is 2.85. The van der Waals surface area contributed by atoms with Gasteiger partial charge in [-0.15, -0.1) is 0 Å². The molecule has 0 aliphatic heterocycles. The molecule has 0 amide bonds. The summed E-state index contributed by atoms with van der Waals surface area (Å²) in [6, 6.07) is 8.37. The van der Waals surface area contributed by atoms with Crippen molar-refractivity contribution in [1.82, 2.24) is 0 Å². The number of oxime groups is 1. The lowest BCUT2D eigenvalue weighted by molar-refractivity contribution is 0.226. The SMILES string of the molecule is C=NOC(=C)Cc1cccc(C2=CCC=CC=C2)c1. The van der Waals surface area contributed by atoms with Crippen LogP contribution in [0.1, 0.15) is 17.5 Å². The third-order valence-corrected chi connectivity index (χ3v) is 2.85. The van der Waals surface area contributed by atoms with E-state index in [1.165, 1.54) is 11.1 Å². The second-order valence-electron chi connectivity index (χ2n) is 4.32. The van der Waals surface area contributed by atoms with Crippen LogP contribution in [0, 0.1) is 0 Å². The molecule has 0 fully saturated rings. The molecule has 2 nitrogen and oxygen atoms in total. The Morgan fingerprint density at radius 3 is 3.05 bits per heavy atom. The fourth-order valence-electron chi connectivity index (χ4n) is 2.01.